The Kier molecular flexibility index (Phi) is 11.3. The molecule has 0 saturated carbocycles. The van der Waals surface area contributed by atoms with Crippen molar-refractivity contribution in [3.8, 4) is 0 Å². The smallest absolute Gasteiger partial charge is 0.406 e. The van der Waals surface area contributed by atoms with Crippen LogP contribution in [-0.2, 0) is 21.0 Å². The van der Waals surface area contributed by atoms with Gasteiger partial charge in [-0.3, -0.25) is 14.4 Å². The van der Waals surface area contributed by atoms with Gasteiger partial charge in [0, 0.05) is 0 Å². The Morgan fingerprint density at radius 3 is 2.46 bits per heavy atom. The Morgan fingerprint density at radius 1 is 1.18 bits per heavy atom. The SMILES string of the molecule is CCCCCC(C(=O)NCNC(=O)O)[C@@H](CC)N(C=O)OCc1ccccc1. The Labute approximate surface area is 166 Å². The number of amides is 3. The maximum atomic E-state index is 12.7. The lowest BCUT2D eigenvalue weighted by molar-refractivity contribution is -0.200. The fraction of sp³-hybridized carbons (Fsp3) is 0.550. The molecule has 0 aliphatic rings. The molecular formula is C20H31N3O5. The van der Waals surface area contributed by atoms with Crippen LogP contribution in [0, 0.1) is 5.92 Å². The number of rotatable bonds is 14. The molecule has 1 unspecified atom stereocenters. The van der Waals surface area contributed by atoms with Crippen LogP contribution in [0.4, 0.5) is 4.79 Å². The predicted octanol–water partition coefficient (Wildman–Crippen LogP) is 2.89. The van der Waals surface area contributed by atoms with E-state index in [1.807, 2.05) is 37.3 Å². The molecule has 0 fully saturated rings. The number of carbonyl (C=O) groups is 3. The Bertz CT molecular complexity index is 597. The van der Waals surface area contributed by atoms with Gasteiger partial charge in [0.1, 0.15) is 6.61 Å². The number of unbranched alkanes of at least 4 members (excludes halogenated alkanes) is 2. The van der Waals surface area contributed by atoms with Gasteiger partial charge in [-0.2, -0.15) is 0 Å². The van der Waals surface area contributed by atoms with Crippen LogP contribution in [0.15, 0.2) is 30.3 Å². The highest BCUT2D eigenvalue weighted by molar-refractivity contribution is 5.80. The van der Waals surface area contributed by atoms with E-state index in [4.69, 9.17) is 9.94 Å². The second kappa shape index (κ2) is 13.5. The molecule has 0 spiro atoms. The molecule has 1 aromatic rings. The van der Waals surface area contributed by atoms with E-state index in [0.29, 0.717) is 19.3 Å². The number of carboxylic acid groups (broad SMARTS) is 1. The summed E-state index contributed by atoms with van der Waals surface area (Å²) in [7, 11) is 0. The van der Waals surface area contributed by atoms with E-state index in [9.17, 15) is 14.4 Å². The topological polar surface area (TPSA) is 108 Å². The maximum Gasteiger partial charge on any atom is 0.406 e. The zero-order chi connectivity index (χ0) is 20.8. The highest BCUT2D eigenvalue weighted by atomic mass is 16.7. The molecule has 0 saturated heterocycles. The summed E-state index contributed by atoms with van der Waals surface area (Å²) in [6.07, 6.45) is 3.33. The van der Waals surface area contributed by atoms with Crippen LogP contribution in [-0.4, -0.2) is 41.3 Å². The van der Waals surface area contributed by atoms with Crippen molar-refractivity contribution in [1.82, 2.24) is 15.7 Å². The highest BCUT2D eigenvalue weighted by Gasteiger charge is 2.31. The molecule has 0 aliphatic carbocycles. The molecule has 0 bridgehead atoms. The second-order valence-electron chi connectivity index (χ2n) is 6.50. The van der Waals surface area contributed by atoms with Crippen molar-refractivity contribution >= 4 is 18.4 Å². The minimum absolute atomic E-state index is 0.180. The molecule has 2 atom stereocenters. The lowest BCUT2D eigenvalue weighted by atomic mass is 9.90. The van der Waals surface area contributed by atoms with Gasteiger partial charge in [-0.05, 0) is 18.4 Å². The summed E-state index contributed by atoms with van der Waals surface area (Å²) >= 11 is 0. The van der Waals surface area contributed by atoms with E-state index < -0.39 is 18.1 Å². The molecule has 8 nitrogen and oxygen atoms in total. The summed E-state index contributed by atoms with van der Waals surface area (Å²) in [5.41, 5.74) is 0.918. The van der Waals surface area contributed by atoms with Crippen molar-refractivity contribution in [2.75, 3.05) is 6.67 Å². The first-order valence-electron chi connectivity index (χ1n) is 9.68. The summed E-state index contributed by atoms with van der Waals surface area (Å²) in [4.78, 5) is 40.6. The van der Waals surface area contributed by atoms with E-state index in [1.54, 1.807) is 0 Å². The standard InChI is InChI=1S/C20H31N3O5/c1-3-5-7-12-17(19(25)21-14-22-20(26)27)18(4-2)23(15-24)28-13-16-10-8-6-9-11-16/h6,8-11,15,17-18,22H,3-5,7,12-14H2,1-2H3,(H,21,25)(H,26,27)/t17?,18-/m1/s1. The van der Waals surface area contributed by atoms with Gasteiger partial charge in [0.05, 0.1) is 18.6 Å². The van der Waals surface area contributed by atoms with E-state index in [2.05, 4.69) is 17.6 Å². The fourth-order valence-corrected chi connectivity index (χ4v) is 3.02. The van der Waals surface area contributed by atoms with Crippen molar-refractivity contribution < 1.29 is 24.3 Å². The minimum Gasteiger partial charge on any atom is -0.465 e. The zero-order valence-corrected chi connectivity index (χ0v) is 16.6. The van der Waals surface area contributed by atoms with Gasteiger partial charge in [0.25, 0.3) is 0 Å². The number of nitrogens with zero attached hydrogens (tertiary/aromatic N) is 1. The van der Waals surface area contributed by atoms with Crippen LogP contribution in [0.5, 0.6) is 0 Å². The van der Waals surface area contributed by atoms with Gasteiger partial charge in [0.15, 0.2) is 0 Å². The second-order valence-corrected chi connectivity index (χ2v) is 6.50. The number of hydroxylamine groups is 2. The molecule has 0 aliphatic heterocycles. The molecule has 3 N–H and O–H groups in total. The first-order valence-corrected chi connectivity index (χ1v) is 9.68. The number of carbonyl (C=O) groups excluding carboxylic acids is 2. The molecule has 1 aromatic carbocycles. The van der Waals surface area contributed by atoms with Crippen LogP contribution in [0.25, 0.3) is 0 Å². The average Bonchev–Trinajstić information content (AvgIpc) is 2.69. The Balaban J connectivity index is 2.82. The van der Waals surface area contributed by atoms with Crippen molar-refractivity contribution in [2.45, 2.75) is 58.6 Å². The number of benzene rings is 1. The monoisotopic (exact) mass is 393 g/mol. The largest absolute Gasteiger partial charge is 0.465 e. The molecule has 0 radical (unpaired) electrons. The first-order chi connectivity index (χ1) is 13.5. The summed E-state index contributed by atoms with van der Waals surface area (Å²) in [5.74, 6) is -0.792. The van der Waals surface area contributed by atoms with Crippen molar-refractivity contribution in [2.24, 2.45) is 5.92 Å². The van der Waals surface area contributed by atoms with Crippen LogP contribution in [0.2, 0.25) is 0 Å². The third kappa shape index (κ3) is 8.39. The van der Waals surface area contributed by atoms with Crippen LogP contribution in [0.1, 0.15) is 51.5 Å². The molecule has 1 rings (SSSR count). The molecule has 0 heterocycles. The normalized spacial score (nSPS) is 12.6. The minimum atomic E-state index is -1.21. The lowest BCUT2D eigenvalue weighted by Crippen LogP contribution is -2.48. The summed E-state index contributed by atoms with van der Waals surface area (Å²) in [6, 6.07) is 9.02. The van der Waals surface area contributed by atoms with Crippen LogP contribution < -0.4 is 10.6 Å². The fourth-order valence-electron chi connectivity index (χ4n) is 3.02. The number of nitrogens with one attached hydrogen (secondary N) is 2. The van der Waals surface area contributed by atoms with Crippen LogP contribution >= 0.6 is 0 Å². The lowest BCUT2D eigenvalue weighted by Gasteiger charge is -2.32. The van der Waals surface area contributed by atoms with Gasteiger partial charge in [-0.25, -0.2) is 9.86 Å². The van der Waals surface area contributed by atoms with Gasteiger partial charge in [0.2, 0.25) is 12.3 Å². The third-order valence-corrected chi connectivity index (χ3v) is 4.49. The molecular weight excluding hydrogens is 362 g/mol. The van der Waals surface area contributed by atoms with Crippen molar-refractivity contribution in [3.63, 3.8) is 0 Å². The summed E-state index contributed by atoms with van der Waals surface area (Å²) < 4.78 is 0. The maximum absolute atomic E-state index is 12.7. The Morgan fingerprint density at radius 2 is 1.89 bits per heavy atom. The summed E-state index contributed by atoms with van der Waals surface area (Å²) in [5, 5.41) is 14.6. The first kappa shape index (κ1) is 23.4. The quantitative estimate of drug-likeness (QED) is 0.195. The van der Waals surface area contributed by atoms with Gasteiger partial charge in [-0.1, -0.05) is 63.4 Å². The van der Waals surface area contributed by atoms with E-state index >= 15 is 0 Å². The number of hydrogen-bond donors (Lipinski definition) is 3. The highest BCUT2D eigenvalue weighted by Crippen LogP contribution is 2.22. The van der Waals surface area contributed by atoms with Crippen molar-refractivity contribution in [3.05, 3.63) is 35.9 Å². The van der Waals surface area contributed by atoms with Gasteiger partial charge >= 0.3 is 6.09 Å². The molecule has 8 heteroatoms. The average molecular weight is 393 g/mol. The van der Waals surface area contributed by atoms with Gasteiger partial charge in [-0.15, -0.1) is 0 Å². The van der Waals surface area contributed by atoms with Crippen molar-refractivity contribution in [1.29, 1.82) is 0 Å². The molecule has 3 amide bonds. The molecule has 28 heavy (non-hydrogen) atoms. The van der Waals surface area contributed by atoms with Crippen LogP contribution in [0.3, 0.4) is 0 Å². The molecule has 0 aromatic heterocycles. The summed E-state index contributed by atoms with van der Waals surface area (Å²) in [6.45, 7) is 4.01. The van der Waals surface area contributed by atoms with E-state index in [1.165, 1.54) is 5.06 Å². The third-order valence-electron chi connectivity index (χ3n) is 4.49. The predicted molar refractivity (Wildman–Crippen MR) is 105 cm³/mol. The molecule has 156 valence electrons. The van der Waals surface area contributed by atoms with Gasteiger partial charge < -0.3 is 15.7 Å². The number of hydrogen-bond acceptors (Lipinski definition) is 4. The zero-order valence-electron chi connectivity index (χ0n) is 16.6. The Hall–Kier alpha value is -2.61. The van der Waals surface area contributed by atoms with E-state index in [0.717, 1.165) is 24.8 Å². The van der Waals surface area contributed by atoms with E-state index in [-0.39, 0.29) is 19.2 Å².